The standard InChI is InChI=1S/C22H16N2O7/c23-11-2-5-14(27)19-17(11)21(30)20-15(28)6-3-12(18(20)22(19)31)24-16(29)8-9-7-10(25)1-4-13(9)26/h1-7,25-28H,8,23H2,(H,24,29). The summed E-state index contributed by atoms with van der Waals surface area (Å²) >= 11 is 0. The summed E-state index contributed by atoms with van der Waals surface area (Å²) in [6.07, 6.45) is -0.340. The van der Waals surface area contributed by atoms with Crippen LogP contribution in [0.5, 0.6) is 23.0 Å². The van der Waals surface area contributed by atoms with Gasteiger partial charge >= 0.3 is 0 Å². The number of nitrogens with one attached hydrogen (secondary N) is 1. The highest BCUT2D eigenvalue weighted by atomic mass is 16.3. The maximum Gasteiger partial charge on any atom is 0.228 e. The predicted molar refractivity (Wildman–Crippen MR) is 110 cm³/mol. The zero-order valence-electron chi connectivity index (χ0n) is 15.8. The third kappa shape index (κ3) is 3.18. The molecule has 1 aliphatic rings. The van der Waals surface area contributed by atoms with Crippen molar-refractivity contribution in [2.75, 3.05) is 11.1 Å². The van der Waals surface area contributed by atoms with E-state index in [1.165, 1.54) is 36.4 Å². The van der Waals surface area contributed by atoms with Gasteiger partial charge in [0.1, 0.15) is 23.0 Å². The second-order valence-electron chi connectivity index (χ2n) is 7.00. The van der Waals surface area contributed by atoms with Crippen molar-refractivity contribution in [1.29, 1.82) is 0 Å². The number of amides is 1. The molecule has 9 nitrogen and oxygen atoms in total. The number of carbonyl (C=O) groups excluding carboxylic acids is 3. The summed E-state index contributed by atoms with van der Waals surface area (Å²) in [5, 5.41) is 42.3. The maximum absolute atomic E-state index is 13.1. The number of hydrogen-bond acceptors (Lipinski definition) is 8. The Hall–Kier alpha value is -4.53. The van der Waals surface area contributed by atoms with Crippen LogP contribution in [0.15, 0.2) is 42.5 Å². The van der Waals surface area contributed by atoms with Crippen molar-refractivity contribution in [2.45, 2.75) is 6.42 Å². The van der Waals surface area contributed by atoms with Crippen LogP contribution in [0.2, 0.25) is 0 Å². The molecule has 1 aliphatic carbocycles. The molecule has 0 bridgehead atoms. The van der Waals surface area contributed by atoms with Crippen molar-refractivity contribution >= 4 is 28.8 Å². The summed E-state index contributed by atoms with van der Waals surface area (Å²) in [4.78, 5) is 38.7. The Morgan fingerprint density at radius 3 is 2.06 bits per heavy atom. The SMILES string of the molecule is Nc1ccc(O)c2c1C(=O)c1c(O)ccc(NC(=O)Cc3cc(O)ccc3O)c1C2=O. The maximum atomic E-state index is 13.1. The second kappa shape index (κ2) is 7.06. The van der Waals surface area contributed by atoms with Gasteiger partial charge in [-0.05, 0) is 42.5 Å². The van der Waals surface area contributed by atoms with Gasteiger partial charge in [-0.25, -0.2) is 0 Å². The van der Waals surface area contributed by atoms with Crippen LogP contribution in [0.3, 0.4) is 0 Å². The number of aromatic hydroxyl groups is 4. The summed E-state index contributed by atoms with van der Waals surface area (Å²) < 4.78 is 0. The highest BCUT2D eigenvalue weighted by Gasteiger charge is 2.37. The fourth-order valence-corrected chi connectivity index (χ4v) is 3.57. The number of hydrogen-bond donors (Lipinski definition) is 6. The number of anilines is 2. The molecule has 7 N–H and O–H groups in total. The number of benzene rings is 3. The summed E-state index contributed by atoms with van der Waals surface area (Å²) in [5.41, 5.74) is 4.70. The molecule has 0 atom stereocenters. The summed E-state index contributed by atoms with van der Waals surface area (Å²) in [5.74, 6) is -3.51. The lowest BCUT2D eigenvalue weighted by Crippen LogP contribution is -2.25. The van der Waals surface area contributed by atoms with E-state index in [0.29, 0.717) is 0 Å². The summed E-state index contributed by atoms with van der Waals surface area (Å²) in [7, 11) is 0. The first-order valence-electron chi connectivity index (χ1n) is 9.06. The molecule has 0 unspecified atom stereocenters. The third-order valence-corrected chi connectivity index (χ3v) is 5.00. The van der Waals surface area contributed by atoms with Crippen molar-refractivity contribution in [3.05, 3.63) is 70.3 Å². The van der Waals surface area contributed by atoms with E-state index in [2.05, 4.69) is 5.32 Å². The molecule has 0 heterocycles. The van der Waals surface area contributed by atoms with E-state index < -0.39 is 29.0 Å². The number of nitrogen functional groups attached to an aromatic ring is 1. The molecule has 156 valence electrons. The fraction of sp³-hybridized carbons (Fsp3) is 0.0455. The number of nitrogens with two attached hydrogens (primary N) is 1. The van der Waals surface area contributed by atoms with Crippen molar-refractivity contribution in [2.24, 2.45) is 0 Å². The molecule has 0 aromatic heterocycles. The second-order valence-corrected chi connectivity index (χ2v) is 7.00. The number of phenols is 4. The number of carbonyl (C=O) groups is 3. The molecule has 31 heavy (non-hydrogen) atoms. The first kappa shape index (κ1) is 19.8. The summed E-state index contributed by atoms with van der Waals surface area (Å²) in [6, 6.07) is 8.54. The van der Waals surface area contributed by atoms with Crippen LogP contribution in [0.25, 0.3) is 0 Å². The van der Waals surface area contributed by atoms with E-state index in [0.717, 1.165) is 6.07 Å². The highest BCUT2D eigenvalue weighted by molar-refractivity contribution is 6.33. The number of rotatable bonds is 3. The lowest BCUT2D eigenvalue weighted by Gasteiger charge is -2.23. The van der Waals surface area contributed by atoms with Crippen molar-refractivity contribution in [1.82, 2.24) is 0 Å². The monoisotopic (exact) mass is 420 g/mol. The normalized spacial score (nSPS) is 12.3. The molecule has 0 radical (unpaired) electrons. The number of phenolic OH excluding ortho intramolecular Hbond substituents is 4. The molecule has 1 amide bonds. The van der Waals surface area contributed by atoms with Crippen LogP contribution in [-0.4, -0.2) is 37.9 Å². The Morgan fingerprint density at radius 2 is 1.35 bits per heavy atom. The number of fused-ring (bicyclic) bond motifs is 2. The molecule has 4 rings (SSSR count). The Kier molecular flexibility index (Phi) is 4.50. The lowest BCUT2D eigenvalue weighted by molar-refractivity contribution is -0.115. The van der Waals surface area contributed by atoms with E-state index in [-0.39, 0.29) is 57.1 Å². The smallest absolute Gasteiger partial charge is 0.228 e. The Labute approximate surface area is 175 Å². The van der Waals surface area contributed by atoms with Crippen LogP contribution in [-0.2, 0) is 11.2 Å². The minimum atomic E-state index is -0.791. The average Bonchev–Trinajstić information content (AvgIpc) is 2.71. The van der Waals surface area contributed by atoms with Gasteiger partial charge in [-0.2, -0.15) is 0 Å². The van der Waals surface area contributed by atoms with E-state index in [9.17, 15) is 34.8 Å². The van der Waals surface area contributed by atoms with Crippen LogP contribution in [0.1, 0.15) is 37.4 Å². The van der Waals surface area contributed by atoms with Gasteiger partial charge in [0, 0.05) is 11.3 Å². The number of ketones is 2. The lowest BCUT2D eigenvalue weighted by atomic mass is 9.81. The molecule has 0 aliphatic heterocycles. The van der Waals surface area contributed by atoms with Gasteiger partial charge in [0.05, 0.1) is 34.4 Å². The third-order valence-electron chi connectivity index (χ3n) is 5.00. The highest BCUT2D eigenvalue weighted by Crippen LogP contribution is 2.41. The minimum Gasteiger partial charge on any atom is -0.508 e. The molecular weight excluding hydrogens is 404 g/mol. The first-order valence-corrected chi connectivity index (χ1v) is 9.06. The predicted octanol–water partition coefficient (Wildman–Crippen LogP) is 2.05. The Morgan fingerprint density at radius 1 is 0.774 bits per heavy atom. The van der Waals surface area contributed by atoms with Crippen LogP contribution >= 0.6 is 0 Å². The summed E-state index contributed by atoms with van der Waals surface area (Å²) in [6.45, 7) is 0. The van der Waals surface area contributed by atoms with Crippen molar-refractivity contribution in [3.63, 3.8) is 0 Å². The minimum absolute atomic E-state index is 0.0370. The zero-order valence-corrected chi connectivity index (χ0v) is 15.8. The topological polar surface area (TPSA) is 170 Å². The van der Waals surface area contributed by atoms with E-state index >= 15 is 0 Å². The Bertz CT molecular complexity index is 1300. The molecule has 0 spiro atoms. The van der Waals surface area contributed by atoms with Crippen LogP contribution in [0.4, 0.5) is 11.4 Å². The van der Waals surface area contributed by atoms with Gasteiger partial charge in [-0.1, -0.05) is 0 Å². The van der Waals surface area contributed by atoms with Crippen LogP contribution in [0, 0.1) is 0 Å². The van der Waals surface area contributed by atoms with Gasteiger partial charge in [0.25, 0.3) is 0 Å². The first-order chi connectivity index (χ1) is 14.7. The van der Waals surface area contributed by atoms with Gasteiger partial charge in [0.2, 0.25) is 17.5 Å². The van der Waals surface area contributed by atoms with E-state index in [1.807, 2.05) is 0 Å². The van der Waals surface area contributed by atoms with Gasteiger partial charge < -0.3 is 31.5 Å². The molecule has 9 heteroatoms. The molecule has 0 saturated carbocycles. The van der Waals surface area contributed by atoms with Crippen molar-refractivity contribution < 1.29 is 34.8 Å². The zero-order chi connectivity index (χ0) is 22.4. The van der Waals surface area contributed by atoms with Gasteiger partial charge in [-0.15, -0.1) is 0 Å². The van der Waals surface area contributed by atoms with Gasteiger partial charge in [-0.3, -0.25) is 14.4 Å². The quantitative estimate of drug-likeness (QED) is 0.216. The Balaban J connectivity index is 1.76. The van der Waals surface area contributed by atoms with E-state index in [1.54, 1.807) is 0 Å². The average molecular weight is 420 g/mol. The molecule has 3 aromatic carbocycles. The van der Waals surface area contributed by atoms with Gasteiger partial charge in [0.15, 0.2) is 0 Å². The van der Waals surface area contributed by atoms with Crippen LogP contribution < -0.4 is 11.1 Å². The molecule has 0 saturated heterocycles. The van der Waals surface area contributed by atoms with E-state index in [4.69, 9.17) is 5.73 Å². The largest absolute Gasteiger partial charge is 0.508 e. The molecule has 0 fully saturated rings. The van der Waals surface area contributed by atoms with Crippen molar-refractivity contribution in [3.8, 4) is 23.0 Å². The molecule has 3 aromatic rings. The fourth-order valence-electron chi connectivity index (χ4n) is 3.57. The molecular formula is C22H16N2O7.